The summed E-state index contributed by atoms with van der Waals surface area (Å²) in [7, 11) is 0. The van der Waals surface area contributed by atoms with E-state index in [1.165, 1.54) is 0 Å². The lowest BCUT2D eigenvalue weighted by molar-refractivity contribution is -0.140. The zero-order chi connectivity index (χ0) is 15.7. The monoisotopic (exact) mass is 287 g/mol. The van der Waals surface area contributed by atoms with Crippen molar-refractivity contribution in [2.24, 2.45) is 5.92 Å². The maximum absolute atomic E-state index is 11.7. The van der Waals surface area contributed by atoms with Gasteiger partial charge in [0, 0.05) is 13.1 Å². The molecule has 2 atom stereocenters. The van der Waals surface area contributed by atoms with E-state index in [1.807, 2.05) is 20.8 Å². The zero-order valence-electron chi connectivity index (χ0n) is 12.6. The average molecular weight is 287 g/mol. The molecular formula is C13H25N3O4. The largest absolute Gasteiger partial charge is 0.480 e. The summed E-state index contributed by atoms with van der Waals surface area (Å²) >= 11 is 0. The van der Waals surface area contributed by atoms with Crippen molar-refractivity contribution in [2.75, 3.05) is 19.6 Å². The summed E-state index contributed by atoms with van der Waals surface area (Å²) in [6, 6.07) is -1.60. The first kappa shape index (κ1) is 18.2. The number of carbonyl (C=O) groups is 3. The summed E-state index contributed by atoms with van der Waals surface area (Å²) in [5, 5.41) is 13.8. The third kappa shape index (κ3) is 5.90. The van der Waals surface area contributed by atoms with E-state index in [9.17, 15) is 14.4 Å². The van der Waals surface area contributed by atoms with E-state index in [4.69, 9.17) is 5.11 Å². The number of carboxylic acids is 1. The molecule has 3 N–H and O–H groups in total. The van der Waals surface area contributed by atoms with Gasteiger partial charge in [-0.3, -0.25) is 4.79 Å². The number of amides is 3. The summed E-state index contributed by atoms with van der Waals surface area (Å²) in [5.74, 6) is -1.46. The van der Waals surface area contributed by atoms with Gasteiger partial charge in [0.2, 0.25) is 5.91 Å². The van der Waals surface area contributed by atoms with Crippen molar-refractivity contribution in [1.82, 2.24) is 15.5 Å². The lowest BCUT2D eigenvalue weighted by Gasteiger charge is -2.21. The lowest BCUT2D eigenvalue weighted by Crippen LogP contribution is -2.51. The average Bonchev–Trinajstić information content (AvgIpc) is 2.42. The molecule has 0 aromatic rings. The van der Waals surface area contributed by atoms with E-state index < -0.39 is 18.0 Å². The Balaban J connectivity index is 4.34. The van der Waals surface area contributed by atoms with Gasteiger partial charge in [-0.15, -0.1) is 0 Å². The van der Waals surface area contributed by atoms with E-state index in [1.54, 1.807) is 11.8 Å². The summed E-state index contributed by atoms with van der Waals surface area (Å²) in [5.41, 5.74) is 0. The van der Waals surface area contributed by atoms with Gasteiger partial charge in [-0.25, -0.2) is 9.59 Å². The fourth-order valence-electron chi connectivity index (χ4n) is 1.72. The minimum absolute atomic E-state index is 0.139. The molecule has 20 heavy (non-hydrogen) atoms. The molecule has 0 aliphatic carbocycles. The van der Waals surface area contributed by atoms with E-state index in [0.717, 1.165) is 0 Å². The molecule has 0 radical (unpaired) electrons. The number of urea groups is 1. The molecule has 3 amide bonds. The SMILES string of the molecule is CCC(C)[C@H](NC(=O)NCC(=O)N(CC)CC)C(=O)O. The molecule has 0 bridgehead atoms. The standard InChI is InChI=1S/C13H25N3O4/c1-5-9(4)11(12(18)19)15-13(20)14-8-10(17)16(6-2)7-3/h9,11H,5-8H2,1-4H3,(H,18,19)(H2,14,15,20)/t9?,11-/m0/s1. The number of hydrogen-bond acceptors (Lipinski definition) is 3. The number of nitrogens with one attached hydrogen (secondary N) is 2. The Kier molecular flexibility index (Phi) is 8.35. The third-order valence-electron chi connectivity index (χ3n) is 3.28. The highest BCUT2D eigenvalue weighted by Gasteiger charge is 2.25. The molecule has 0 rings (SSSR count). The molecule has 0 heterocycles. The predicted molar refractivity (Wildman–Crippen MR) is 75.3 cm³/mol. The Hall–Kier alpha value is -1.79. The minimum atomic E-state index is -1.08. The number of likely N-dealkylation sites (N-methyl/N-ethyl adjacent to an activating group) is 1. The van der Waals surface area contributed by atoms with Gasteiger partial charge in [0.1, 0.15) is 6.04 Å². The van der Waals surface area contributed by atoms with Crippen LogP contribution in [0.25, 0.3) is 0 Å². The lowest BCUT2D eigenvalue weighted by atomic mass is 9.99. The van der Waals surface area contributed by atoms with Gasteiger partial charge >= 0.3 is 12.0 Å². The van der Waals surface area contributed by atoms with Crippen LogP contribution in [0.5, 0.6) is 0 Å². The molecule has 7 nitrogen and oxygen atoms in total. The van der Waals surface area contributed by atoms with Crippen LogP contribution in [0.15, 0.2) is 0 Å². The summed E-state index contributed by atoms with van der Waals surface area (Å²) in [4.78, 5) is 36.0. The number of nitrogens with zero attached hydrogens (tertiary/aromatic N) is 1. The first-order valence-corrected chi connectivity index (χ1v) is 6.92. The van der Waals surface area contributed by atoms with Gasteiger partial charge in [-0.05, 0) is 19.8 Å². The van der Waals surface area contributed by atoms with E-state index >= 15 is 0 Å². The number of rotatable bonds is 8. The fraction of sp³-hybridized carbons (Fsp3) is 0.769. The third-order valence-corrected chi connectivity index (χ3v) is 3.28. The molecule has 0 aliphatic heterocycles. The highest BCUT2D eigenvalue weighted by Crippen LogP contribution is 2.07. The summed E-state index contributed by atoms with van der Waals surface area (Å²) in [6.45, 7) is 8.31. The van der Waals surface area contributed by atoms with Crippen molar-refractivity contribution in [3.8, 4) is 0 Å². The second-order valence-corrected chi connectivity index (χ2v) is 4.59. The highest BCUT2D eigenvalue weighted by molar-refractivity contribution is 5.86. The van der Waals surface area contributed by atoms with Crippen molar-refractivity contribution in [3.05, 3.63) is 0 Å². The second-order valence-electron chi connectivity index (χ2n) is 4.59. The fourth-order valence-corrected chi connectivity index (χ4v) is 1.72. The first-order chi connectivity index (χ1) is 9.37. The number of hydrogen-bond donors (Lipinski definition) is 3. The topological polar surface area (TPSA) is 98.7 Å². The molecular weight excluding hydrogens is 262 g/mol. The van der Waals surface area contributed by atoms with E-state index in [2.05, 4.69) is 10.6 Å². The molecule has 0 spiro atoms. The van der Waals surface area contributed by atoms with Crippen molar-refractivity contribution in [1.29, 1.82) is 0 Å². The van der Waals surface area contributed by atoms with Crippen molar-refractivity contribution < 1.29 is 19.5 Å². The zero-order valence-corrected chi connectivity index (χ0v) is 12.6. The molecule has 0 aliphatic rings. The van der Waals surface area contributed by atoms with E-state index in [0.29, 0.717) is 19.5 Å². The van der Waals surface area contributed by atoms with E-state index in [-0.39, 0.29) is 18.4 Å². The van der Waals surface area contributed by atoms with Gasteiger partial charge < -0.3 is 20.6 Å². The van der Waals surface area contributed by atoms with Crippen molar-refractivity contribution >= 4 is 17.9 Å². The smallest absolute Gasteiger partial charge is 0.326 e. The number of aliphatic carboxylic acids is 1. The second kappa shape index (κ2) is 9.17. The van der Waals surface area contributed by atoms with Crippen LogP contribution in [0.1, 0.15) is 34.1 Å². The Morgan fingerprint density at radius 2 is 1.70 bits per heavy atom. The van der Waals surface area contributed by atoms with Gasteiger partial charge in [0.15, 0.2) is 0 Å². The van der Waals surface area contributed by atoms with Crippen LogP contribution in [0, 0.1) is 5.92 Å². The molecule has 0 aromatic heterocycles. The Labute approximate surface area is 119 Å². The van der Waals surface area contributed by atoms with Gasteiger partial charge in [-0.2, -0.15) is 0 Å². The Morgan fingerprint density at radius 1 is 1.15 bits per heavy atom. The van der Waals surface area contributed by atoms with Crippen LogP contribution in [-0.4, -0.2) is 53.6 Å². The maximum atomic E-state index is 11.7. The minimum Gasteiger partial charge on any atom is -0.480 e. The molecule has 0 aromatic carbocycles. The van der Waals surface area contributed by atoms with Crippen LogP contribution >= 0.6 is 0 Å². The molecule has 1 unspecified atom stereocenters. The molecule has 0 fully saturated rings. The maximum Gasteiger partial charge on any atom is 0.326 e. The predicted octanol–water partition coefficient (Wildman–Crippen LogP) is 0.653. The molecule has 116 valence electrons. The Morgan fingerprint density at radius 3 is 2.10 bits per heavy atom. The quantitative estimate of drug-likeness (QED) is 0.610. The number of carboxylic acid groups (broad SMARTS) is 1. The van der Waals surface area contributed by atoms with Crippen LogP contribution in [0.4, 0.5) is 4.79 Å². The molecule has 7 heteroatoms. The molecule has 0 saturated carbocycles. The highest BCUT2D eigenvalue weighted by atomic mass is 16.4. The van der Waals surface area contributed by atoms with Crippen LogP contribution in [0.3, 0.4) is 0 Å². The van der Waals surface area contributed by atoms with Gasteiger partial charge in [-0.1, -0.05) is 20.3 Å². The van der Waals surface area contributed by atoms with Crippen LogP contribution in [-0.2, 0) is 9.59 Å². The molecule has 0 saturated heterocycles. The van der Waals surface area contributed by atoms with Crippen molar-refractivity contribution in [3.63, 3.8) is 0 Å². The van der Waals surface area contributed by atoms with Crippen molar-refractivity contribution in [2.45, 2.75) is 40.2 Å². The normalized spacial score (nSPS) is 13.2. The Bertz CT molecular complexity index is 343. The number of carbonyl (C=O) groups excluding carboxylic acids is 2. The van der Waals surface area contributed by atoms with Crippen LogP contribution < -0.4 is 10.6 Å². The summed E-state index contributed by atoms with van der Waals surface area (Å²) < 4.78 is 0. The van der Waals surface area contributed by atoms with Gasteiger partial charge in [0.05, 0.1) is 6.54 Å². The van der Waals surface area contributed by atoms with Gasteiger partial charge in [0.25, 0.3) is 0 Å². The summed E-state index contributed by atoms with van der Waals surface area (Å²) in [6.07, 6.45) is 0.635. The first-order valence-electron chi connectivity index (χ1n) is 6.92. The van der Waals surface area contributed by atoms with Crippen LogP contribution in [0.2, 0.25) is 0 Å².